The van der Waals surface area contributed by atoms with E-state index in [0.29, 0.717) is 22.9 Å². The third-order valence-corrected chi connectivity index (χ3v) is 2.84. The SMILES string of the molecule is NCC#Cc1ccc(OCc2ccc(Cl)cc2)cc1F. The van der Waals surface area contributed by atoms with Gasteiger partial charge in [-0.05, 0) is 29.8 Å². The van der Waals surface area contributed by atoms with Gasteiger partial charge in [-0.2, -0.15) is 0 Å². The van der Waals surface area contributed by atoms with Crippen molar-refractivity contribution in [2.45, 2.75) is 6.61 Å². The molecule has 0 unspecified atom stereocenters. The molecule has 102 valence electrons. The maximum atomic E-state index is 13.7. The molecule has 2 nitrogen and oxygen atoms in total. The molecule has 0 fully saturated rings. The Morgan fingerprint density at radius 2 is 1.90 bits per heavy atom. The van der Waals surface area contributed by atoms with Gasteiger partial charge >= 0.3 is 0 Å². The van der Waals surface area contributed by atoms with Gasteiger partial charge in [0, 0.05) is 11.1 Å². The van der Waals surface area contributed by atoms with Crippen LogP contribution in [0.1, 0.15) is 11.1 Å². The third-order valence-electron chi connectivity index (χ3n) is 2.58. The summed E-state index contributed by atoms with van der Waals surface area (Å²) in [6, 6.07) is 11.9. The maximum Gasteiger partial charge on any atom is 0.142 e. The van der Waals surface area contributed by atoms with E-state index in [4.69, 9.17) is 22.1 Å². The van der Waals surface area contributed by atoms with Crippen LogP contribution in [0.25, 0.3) is 0 Å². The van der Waals surface area contributed by atoms with Crippen molar-refractivity contribution < 1.29 is 9.13 Å². The average molecular weight is 290 g/mol. The van der Waals surface area contributed by atoms with Gasteiger partial charge in [0.2, 0.25) is 0 Å². The summed E-state index contributed by atoms with van der Waals surface area (Å²) in [7, 11) is 0. The molecule has 0 bridgehead atoms. The fourth-order valence-corrected chi connectivity index (χ4v) is 1.71. The van der Waals surface area contributed by atoms with Crippen molar-refractivity contribution in [3.63, 3.8) is 0 Å². The first-order chi connectivity index (χ1) is 9.69. The van der Waals surface area contributed by atoms with E-state index in [9.17, 15) is 4.39 Å². The van der Waals surface area contributed by atoms with Crippen LogP contribution in [0.4, 0.5) is 4.39 Å². The molecule has 0 spiro atoms. The summed E-state index contributed by atoms with van der Waals surface area (Å²) in [4.78, 5) is 0. The summed E-state index contributed by atoms with van der Waals surface area (Å²) < 4.78 is 19.2. The number of nitrogens with two attached hydrogens (primary N) is 1. The quantitative estimate of drug-likeness (QED) is 0.879. The van der Waals surface area contributed by atoms with Crippen LogP contribution in [0.3, 0.4) is 0 Å². The van der Waals surface area contributed by atoms with Gasteiger partial charge in [0.05, 0.1) is 12.1 Å². The molecule has 0 aliphatic rings. The fraction of sp³-hybridized carbons (Fsp3) is 0.125. The Labute approximate surface area is 122 Å². The van der Waals surface area contributed by atoms with E-state index in [0.717, 1.165) is 5.56 Å². The molecule has 2 aromatic carbocycles. The number of benzene rings is 2. The monoisotopic (exact) mass is 289 g/mol. The highest BCUT2D eigenvalue weighted by atomic mass is 35.5. The lowest BCUT2D eigenvalue weighted by atomic mass is 10.2. The minimum Gasteiger partial charge on any atom is -0.489 e. The highest BCUT2D eigenvalue weighted by Crippen LogP contribution is 2.18. The lowest BCUT2D eigenvalue weighted by Crippen LogP contribution is -1.97. The molecule has 0 aromatic heterocycles. The van der Waals surface area contributed by atoms with Crippen LogP contribution in [-0.4, -0.2) is 6.54 Å². The van der Waals surface area contributed by atoms with Crippen molar-refractivity contribution >= 4 is 11.6 Å². The van der Waals surface area contributed by atoms with Crippen molar-refractivity contribution in [3.8, 4) is 17.6 Å². The summed E-state index contributed by atoms with van der Waals surface area (Å²) in [5.74, 6) is 5.31. The zero-order valence-corrected chi connectivity index (χ0v) is 11.5. The van der Waals surface area contributed by atoms with Crippen LogP contribution in [0.2, 0.25) is 5.02 Å². The van der Waals surface area contributed by atoms with E-state index in [1.807, 2.05) is 12.1 Å². The minimum atomic E-state index is -0.417. The summed E-state index contributed by atoms with van der Waals surface area (Å²) in [5.41, 5.74) is 6.52. The van der Waals surface area contributed by atoms with Crippen molar-refractivity contribution in [1.29, 1.82) is 0 Å². The van der Waals surface area contributed by atoms with Crippen LogP contribution in [0.15, 0.2) is 42.5 Å². The van der Waals surface area contributed by atoms with Gasteiger partial charge in [-0.1, -0.05) is 35.6 Å². The normalized spacial score (nSPS) is 9.75. The zero-order chi connectivity index (χ0) is 14.4. The molecule has 0 heterocycles. The molecule has 20 heavy (non-hydrogen) atoms. The Bertz CT molecular complexity index is 644. The largest absolute Gasteiger partial charge is 0.489 e. The number of rotatable bonds is 3. The molecular weight excluding hydrogens is 277 g/mol. The Balaban J connectivity index is 2.03. The third kappa shape index (κ3) is 3.99. The summed E-state index contributed by atoms with van der Waals surface area (Å²) >= 11 is 5.80. The standard InChI is InChI=1S/C16H13ClFNO/c17-14-6-3-12(4-7-14)11-20-15-8-5-13(2-1-9-19)16(18)10-15/h3-8,10H,9,11,19H2. The molecule has 2 N–H and O–H groups in total. The lowest BCUT2D eigenvalue weighted by molar-refractivity contribution is 0.304. The van der Waals surface area contributed by atoms with Crippen molar-refractivity contribution in [1.82, 2.24) is 0 Å². The summed E-state index contributed by atoms with van der Waals surface area (Å²) in [6.45, 7) is 0.554. The molecule has 0 saturated heterocycles. The summed E-state index contributed by atoms with van der Waals surface area (Å²) in [5, 5.41) is 0.669. The molecule has 0 saturated carbocycles. The molecular formula is C16H13ClFNO. The molecule has 0 aliphatic heterocycles. The van der Waals surface area contributed by atoms with Crippen LogP contribution >= 0.6 is 11.6 Å². The van der Waals surface area contributed by atoms with E-state index in [1.165, 1.54) is 6.07 Å². The highest BCUT2D eigenvalue weighted by Gasteiger charge is 2.02. The van der Waals surface area contributed by atoms with Gasteiger partial charge in [-0.25, -0.2) is 4.39 Å². The van der Waals surface area contributed by atoms with Gasteiger partial charge in [-0.15, -0.1) is 0 Å². The summed E-state index contributed by atoms with van der Waals surface area (Å²) in [6.07, 6.45) is 0. The van der Waals surface area contributed by atoms with Crippen LogP contribution in [0.5, 0.6) is 5.75 Å². The van der Waals surface area contributed by atoms with Crippen molar-refractivity contribution in [3.05, 3.63) is 64.4 Å². The first kappa shape index (κ1) is 14.4. The Kier molecular flexibility index (Phi) is 5.00. The molecule has 4 heteroatoms. The smallest absolute Gasteiger partial charge is 0.142 e. The average Bonchev–Trinajstić information content (AvgIpc) is 2.46. The molecule has 0 radical (unpaired) electrons. The fourth-order valence-electron chi connectivity index (χ4n) is 1.58. The Morgan fingerprint density at radius 1 is 1.15 bits per heavy atom. The topological polar surface area (TPSA) is 35.2 Å². The van der Waals surface area contributed by atoms with Gasteiger partial charge in [0.25, 0.3) is 0 Å². The molecule has 0 aliphatic carbocycles. The Morgan fingerprint density at radius 3 is 2.55 bits per heavy atom. The first-order valence-electron chi connectivity index (χ1n) is 6.05. The maximum absolute atomic E-state index is 13.7. The molecule has 0 atom stereocenters. The van der Waals surface area contributed by atoms with Crippen molar-refractivity contribution in [2.24, 2.45) is 5.73 Å². The number of halogens is 2. The molecule has 0 amide bonds. The second kappa shape index (κ2) is 6.95. The predicted molar refractivity (Wildman–Crippen MR) is 78.1 cm³/mol. The van der Waals surface area contributed by atoms with Crippen molar-refractivity contribution in [2.75, 3.05) is 6.54 Å². The van der Waals surface area contributed by atoms with E-state index in [2.05, 4.69) is 11.8 Å². The van der Waals surface area contributed by atoms with E-state index < -0.39 is 5.82 Å². The number of hydrogen-bond donors (Lipinski definition) is 1. The van der Waals surface area contributed by atoms with E-state index in [-0.39, 0.29) is 6.54 Å². The van der Waals surface area contributed by atoms with E-state index >= 15 is 0 Å². The lowest BCUT2D eigenvalue weighted by Gasteiger charge is -2.07. The van der Waals surface area contributed by atoms with Gasteiger partial charge in [0.15, 0.2) is 0 Å². The van der Waals surface area contributed by atoms with Gasteiger partial charge in [0.1, 0.15) is 18.2 Å². The minimum absolute atomic E-state index is 0.203. The second-order valence-corrected chi connectivity index (χ2v) is 4.50. The first-order valence-corrected chi connectivity index (χ1v) is 6.42. The predicted octanol–water partition coefficient (Wildman–Crippen LogP) is 3.37. The van der Waals surface area contributed by atoms with E-state index in [1.54, 1.807) is 24.3 Å². The molecule has 2 rings (SSSR count). The van der Waals surface area contributed by atoms with Crippen LogP contribution in [-0.2, 0) is 6.61 Å². The van der Waals surface area contributed by atoms with Gasteiger partial charge < -0.3 is 10.5 Å². The highest BCUT2D eigenvalue weighted by molar-refractivity contribution is 6.30. The van der Waals surface area contributed by atoms with Crippen LogP contribution < -0.4 is 10.5 Å². The number of ether oxygens (including phenoxy) is 1. The molecule has 2 aromatic rings. The number of hydrogen-bond acceptors (Lipinski definition) is 2. The zero-order valence-electron chi connectivity index (χ0n) is 10.7. The van der Waals surface area contributed by atoms with Crippen LogP contribution in [0, 0.1) is 17.7 Å². The second-order valence-electron chi connectivity index (χ2n) is 4.06. The Hall–Kier alpha value is -2.02. The van der Waals surface area contributed by atoms with Gasteiger partial charge in [-0.3, -0.25) is 0 Å².